The fourth-order valence-electron chi connectivity index (χ4n) is 0.713. The van der Waals surface area contributed by atoms with Crippen LogP contribution in [0, 0.1) is 5.41 Å². The van der Waals surface area contributed by atoms with Crippen LogP contribution < -0.4 is 5.48 Å². The summed E-state index contributed by atoms with van der Waals surface area (Å²) in [4.78, 5) is 15.2. The number of esters is 1. The second kappa shape index (κ2) is 5.32. The van der Waals surface area contributed by atoms with Crippen molar-refractivity contribution in [2.75, 3.05) is 20.3 Å². The average molecular weight is 229 g/mol. The largest absolute Gasteiger partial charge is 0.469 e. The van der Waals surface area contributed by atoms with E-state index in [-0.39, 0.29) is 6.54 Å². The summed E-state index contributed by atoms with van der Waals surface area (Å²) in [5.41, 5.74) is 1.15. The van der Waals surface area contributed by atoms with Crippen LogP contribution in [0.1, 0.15) is 13.8 Å². The van der Waals surface area contributed by atoms with E-state index >= 15 is 0 Å². The molecule has 0 aromatic carbocycles. The Bertz CT molecular complexity index is 216. The summed E-state index contributed by atoms with van der Waals surface area (Å²) in [6, 6.07) is 0. The lowest BCUT2D eigenvalue weighted by atomic mass is 9.94. The Balaban J connectivity index is 3.81. The van der Waals surface area contributed by atoms with Crippen LogP contribution in [-0.2, 0) is 14.4 Å². The van der Waals surface area contributed by atoms with Gasteiger partial charge < -0.3 is 4.74 Å². The molecule has 0 aromatic rings. The van der Waals surface area contributed by atoms with E-state index in [1.165, 1.54) is 21.0 Å². The van der Waals surface area contributed by atoms with Crippen LogP contribution in [0.3, 0.4) is 0 Å². The van der Waals surface area contributed by atoms with Crippen molar-refractivity contribution in [2.45, 2.75) is 20.0 Å². The van der Waals surface area contributed by atoms with Crippen molar-refractivity contribution < 1.29 is 27.5 Å². The van der Waals surface area contributed by atoms with Crippen molar-refractivity contribution in [1.29, 1.82) is 0 Å². The van der Waals surface area contributed by atoms with E-state index in [1.807, 2.05) is 0 Å². The van der Waals surface area contributed by atoms with E-state index in [1.54, 1.807) is 0 Å². The highest BCUT2D eigenvalue weighted by molar-refractivity contribution is 5.75. The molecule has 0 atom stereocenters. The minimum Gasteiger partial charge on any atom is -0.469 e. The fraction of sp³-hybridized carbons (Fsp3) is 0.875. The van der Waals surface area contributed by atoms with Gasteiger partial charge in [0.25, 0.3) is 0 Å². The van der Waals surface area contributed by atoms with Gasteiger partial charge in [-0.3, -0.25) is 9.63 Å². The van der Waals surface area contributed by atoms with E-state index in [0.29, 0.717) is 0 Å². The molecule has 1 N–H and O–H groups in total. The second-order valence-corrected chi connectivity index (χ2v) is 3.60. The predicted octanol–water partition coefficient (Wildman–Crippen LogP) is 1.27. The molecule has 0 rings (SSSR count). The third-order valence-corrected chi connectivity index (χ3v) is 1.59. The van der Waals surface area contributed by atoms with Crippen LogP contribution in [0.2, 0.25) is 0 Å². The molecular formula is C8H14F3NO3. The number of hydrogen-bond donors (Lipinski definition) is 1. The molecule has 15 heavy (non-hydrogen) atoms. The first kappa shape index (κ1) is 14.2. The molecule has 0 radical (unpaired) electrons. The Hall–Kier alpha value is -0.820. The monoisotopic (exact) mass is 229 g/mol. The van der Waals surface area contributed by atoms with Crippen molar-refractivity contribution in [2.24, 2.45) is 5.41 Å². The Morgan fingerprint density at radius 3 is 2.27 bits per heavy atom. The van der Waals surface area contributed by atoms with Crippen molar-refractivity contribution in [3.05, 3.63) is 0 Å². The molecule has 0 fully saturated rings. The lowest BCUT2D eigenvalue weighted by Gasteiger charge is -2.21. The van der Waals surface area contributed by atoms with E-state index in [0.717, 1.165) is 0 Å². The van der Waals surface area contributed by atoms with E-state index in [2.05, 4.69) is 15.1 Å². The summed E-state index contributed by atoms with van der Waals surface area (Å²) in [7, 11) is 1.21. The number of carbonyl (C=O) groups is 1. The Morgan fingerprint density at radius 2 is 1.87 bits per heavy atom. The minimum atomic E-state index is -4.39. The first-order valence-corrected chi connectivity index (χ1v) is 4.19. The average Bonchev–Trinajstić information content (AvgIpc) is 2.09. The summed E-state index contributed by atoms with van der Waals surface area (Å²) in [6.45, 7) is 1.60. The zero-order valence-corrected chi connectivity index (χ0v) is 8.77. The number of alkyl halides is 3. The van der Waals surface area contributed by atoms with Gasteiger partial charge in [-0.2, -0.15) is 13.2 Å². The van der Waals surface area contributed by atoms with Gasteiger partial charge in [0.2, 0.25) is 0 Å². The SMILES string of the molecule is COC(=O)C(C)(C)CNOCC(F)(F)F. The van der Waals surface area contributed by atoms with Crippen LogP contribution in [-0.4, -0.2) is 32.4 Å². The molecule has 0 heterocycles. The van der Waals surface area contributed by atoms with Crippen LogP contribution in [0.15, 0.2) is 0 Å². The number of halogens is 3. The van der Waals surface area contributed by atoms with Crippen LogP contribution >= 0.6 is 0 Å². The molecule has 0 saturated heterocycles. The molecule has 0 spiro atoms. The molecule has 7 heteroatoms. The molecule has 90 valence electrons. The van der Waals surface area contributed by atoms with Crippen LogP contribution in [0.25, 0.3) is 0 Å². The third-order valence-electron chi connectivity index (χ3n) is 1.59. The molecule has 0 aliphatic heterocycles. The molecule has 0 bridgehead atoms. The van der Waals surface area contributed by atoms with Crippen LogP contribution in [0.5, 0.6) is 0 Å². The van der Waals surface area contributed by atoms with Gasteiger partial charge >= 0.3 is 12.1 Å². The molecule has 0 aromatic heterocycles. The topological polar surface area (TPSA) is 47.6 Å². The first-order chi connectivity index (χ1) is 6.69. The highest BCUT2D eigenvalue weighted by Gasteiger charge is 2.31. The van der Waals surface area contributed by atoms with E-state index in [4.69, 9.17) is 0 Å². The zero-order chi connectivity index (χ0) is 12.1. The first-order valence-electron chi connectivity index (χ1n) is 4.19. The molecule has 0 aliphatic carbocycles. The van der Waals surface area contributed by atoms with E-state index in [9.17, 15) is 18.0 Å². The lowest BCUT2D eigenvalue weighted by Crippen LogP contribution is -2.38. The normalized spacial score (nSPS) is 12.7. The number of carbonyl (C=O) groups excluding carboxylic acids is 1. The maximum Gasteiger partial charge on any atom is 0.413 e. The zero-order valence-electron chi connectivity index (χ0n) is 8.77. The standard InChI is InChI=1S/C8H14F3NO3/c1-7(2,6(13)14-3)4-12-15-5-8(9,10)11/h12H,4-5H2,1-3H3. The highest BCUT2D eigenvalue weighted by Crippen LogP contribution is 2.16. The minimum absolute atomic E-state index is 0.0598. The highest BCUT2D eigenvalue weighted by atomic mass is 19.4. The van der Waals surface area contributed by atoms with Gasteiger partial charge in [0, 0.05) is 6.54 Å². The Morgan fingerprint density at radius 1 is 1.33 bits per heavy atom. The predicted molar refractivity (Wildman–Crippen MR) is 45.8 cm³/mol. The van der Waals surface area contributed by atoms with Gasteiger partial charge in [-0.25, -0.2) is 5.48 Å². The summed E-state index contributed by atoms with van der Waals surface area (Å²) >= 11 is 0. The van der Waals surface area contributed by atoms with E-state index < -0.39 is 24.2 Å². The van der Waals surface area contributed by atoms with Gasteiger partial charge in [-0.15, -0.1) is 0 Å². The van der Waals surface area contributed by atoms with Crippen molar-refractivity contribution in [3.8, 4) is 0 Å². The summed E-state index contributed by atoms with van der Waals surface area (Å²) in [5, 5.41) is 0. The smallest absolute Gasteiger partial charge is 0.413 e. The Kier molecular flexibility index (Phi) is 5.02. The Labute approximate surface area is 85.7 Å². The summed E-state index contributed by atoms with van der Waals surface area (Å²) in [5.74, 6) is -0.523. The fourth-order valence-corrected chi connectivity index (χ4v) is 0.713. The van der Waals surface area contributed by atoms with Gasteiger partial charge in [0.05, 0.1) is 12.5 Å². The maximum absolute atomic E-state index is 11.6. The number of methoxy groups -OCH3 is 1. The van der Waals surface area contributed by atoms with Crippen molar-refractivity contribution in [3.63, 3.8) is 0 Å². The molecule has 4 nitrogen and oxygen atoms in total. The molecule has 0 amide bonds. The number of ether oxygens (including phenoxy) is 1. The molecular weight excluding hydrogens is 215 g/mol. The summed E-state index contributed by atoms with van der Waals surface area (Å²) in [6.07, 6.45) is -4.39. The van der Waals surface area contributed by atoms with Gasteiger partial charge in [-0.1, -0.05) is 0 Å². The third kappa shape index (κ3) is 6.29. The lowest BCUT2D eigenvalue weighted by molar-refractivity contribution is -0.192. The number of nitrogens with one attached hydrogen (secondary N) is 1. The second-order valence-electron chi connectivity index (χ2n) is 3.60. The molecule has 0 saturated carbocycles. The quantitative estimate of drug-likeness (QED) is 0.438. The van der Waals surface area contributed by atoms with Crippen LogP contribution in [0.4, 0.5) is 13.2 Å². The number of rotatable bonds is 5. The summed E-state index contributed by atoms with van der Waals surface area (Å²) < 4.78 is 39.4. The van der Waals surface area contributed by atoms with Gasteiger partial charge in [0.1, 0.15) is 0 Å². The maximum atomic E-state index is 11.6. The van der Waals surface area contributed by atoms with Crippen molar-refractivity contribution >= 4 is 5.97 Å². The molecule has 0 aliphatic rings. The molecule has 0 unspecified atom stereocenters. The van der Waals surface area contributed by atoms with Crippen molar-refractivity contribution in [1.82, 2.24) is 5.48 Å². The van der Waals surface area contributed by atoms with Gasteiger partial charge in [0.15, 0.2) is 6.61 Å². The van der Waals surface area contributed by atoms with Gasteiger partial charge in [-0.05, 0) is 13.8 Å². The number of hydrogen-bond acceptors (Lipinski definition) is 4. The number of hydroxylamine groups is 1.